The Balaban J connectivity index is 0.00000242. The lowest BCUT2D eigenvalue weighted by molar-refractivity contribution is -0.400. The van der Waals surface area contributed by atoms with E-state index >= 15 is 0 Å². The fourth-order valence-corrected chi connectivity index (χ4v) is 2.77. The van der Waals surface area contributed by atoms with Gasteiger partial charge in [0.25, 0.3) is 5.17 Å². The van der Waals surface area contributed by atoms with Crippen molar-refractivity contribution in [2.75, 3.05) is 0 Å². The summed E-state index contributed by atoms with van der Waals surface area (Å²) in [5, 5.41) is 16.1. The number of thioether (sulfide) groups is 1. The second-order valence-corrected chi connectivity index (χ2v) is 6.03. The van der Waals surface area contributed by atoms with Crippen LogP contribution in [-0.4, -0.2) is 10.3 Å². The van der Waals surface area contributed by atoms with E-state index in [9.17, 15) is 5.11 Å². The molecule has 2 aromatic rings. The van der Waals surface area contributed by atoms with Crippen LogP contribution in [0, 0.1) is 6.92 Å². The van der Waals surface area contributed by atoms with E-state index in [0.717, 1.165) is 29.8 Å². The summed E-state index contributed by atoms with van der Waals surface area (Å²) < 4.78 is 0. The summed E-state index contributed by atoms with van der Waals surface area (Å²) in [7, 11) is 0. The molecule has 0 radical (unpaired) electrons. The van der Waals surface area contributed by atoms with E-state index in [1.807, 2.05) is 31.2 Å². The molecule has 1 heterocycles. The molecule has 0 spiro atoms. The van der Waals surface area contributed by atoms with Crippen molar-refractivity contribution < 1.29 is 49.5 Å². The molecule has 1 aromatic carbocycles. The Labute approximate surface area is 162 Å². The maximum absolute atomic E-state index is 10.4. The van der Waals surface area contributed by atoms with Crippen molar-refractivity contribution in [3.05, 3.63) is 58.9 Å². The van der Waals surface area contributed by atoms with E-state index < -0.39 is 0 Å². The molecule has 0 bridgehead atoms. The summed E-state index contributed by atoms with van der Waals surface area (Å²) in [4.78, 5) is 3.25. The number of aryl methyl sites for hydroxylation is 3. The van der Waals surface area contributed by atoms with Crippen molar-refractivity contribution in [1.82, 2.24) is 0 Å². The van der Waals surface area contributed by atoms with Crippen LogP contribution in [0.1, 0.15) is 22.5 Å². The van der Waals surface area contributed by atoms with Gasteiger partial charge in [-0.3, -0.25) is 11.1 Å². The van der Waals surface area contributed by atoms with Gasteiger partial charge in [0.15, 0.2) is 11.4 Å². The number of hydrogen-bond donors (Lipinski definition) is 3. The first kappa shape index (κ1) is 21.9. The summed E-state index contributed by atoms with van der Waals surface area (Å²) in [6.45, 7) is 1.98. The van der Waals surface area contributed by atoms with Crippen molar-refractivity contribution in [3.8, 4) is 5.75 Å². The normalized spacial score (nSPS) is 9.61. The summed E-state index contributed by atoms with van der Waals surface area (Å²) in [5.74, 6) is 0.882. The number of aromatic hydroxyl groups is 1. The molecule has 0 saturated carbocycles. The summed E-state index contributed by atoms with van der Waals surface area (Å²) in [6.07, 6.45) is 1.64. The number of H-pyrrole nitrogens is 1. The van der Waals surface area contributed by atoms with Gasteiger partial charge in [-0.2, -0.15) is 0 Å². The highest BCUT2D eigenvalue weighted by molar-refractivity contribution is 8.12. The first-order chi connectivity index (χ1) is 10.1. The van der Waals surface area contributed by atoms with Crippen LogP contribution >= 0.6 is 11.8 Å². The van der Waals surface area contributed by atoms with Gasteiger partial charge < -0.3 is 39.1 Å². The summed E-state index contributed by atoms with van der Waals surface area (Å²) in [5.41, 5.74) is 9.44. The number of halogens is 2. The van der Waals surface area contributed by atoms with Gasteiger partial charge in [-0.1, -0.05) is 30.3 Å². The van der Waals surface area contributed by atoms with Gasteiger partial charge >= 0.3 is 0 Å². The molecule has 2 rings (SSSR count). The van der Waals surface area contributed by atoms with E-state index in [1.165, 1.54) is 17.3 Å². The number of benzene rings is 1. The number of hydrogen-bond acceptors (Lipinski definition) is 2. The Morgan fingerprint density at radius 3 is 2.48 bits per heavy atom. The molecule has 1 aromatic heterocycles. The molecule has 4 nitrogen and oxygen atoms in total. The minimum absolute atomic E-state index is 0. The van der Waals surface area contributed by atoms with E-state index in [1.54, 1.807) is 0 Å². The zero-order valence-electron chi connectivity index (χ0n) is 12.9. The Morgan fingerprint density at radius 2 is 1.87 bits per heavy atom. The van der Waals surface area contributed by atoms with E-state index in [-0.39, 0.29) is 34.0 Å². The second kappa shape index (κ2) is 10.7. The molecule has 0 fully saturated rings. The number of pyridine rings is 1. The van der Waals surface area contributed by atoms with Crippen molar-refractivity contribution in [3.63, 3.8) is 0 Å². The van der Waals surface area contributed by atoms with Gasteiger partial charge in [0.2, 0.25) is 5.69 Å². The van der Waals surface area contributed by atoms with Crippen LogP contribution in [0.5, 0.6) is 5.75 Å². The Hall–Kier alpha value is -1.05. The third-order valence-corrected chi connectivity index (χ3v) is 4.02. The summed E-state index contributed by atoms with van der Waals surface area (Å²) in [6, 6.07) is 12.2. The number of nitrogens with two attached hydrogens (primary N) is 2. The standard InChI is InChI=1S/C16H19N3OS.2BrH/c1-11-9-13(10-21-16(17)18)15(20)14(19-11)8-7-12-5-3-2-4-6-12;;/h2-6,9,20H,7-8,10H2,1H3,(H3,17,18);2*1H. The zero-order chi connectivity index (χ0) is 15.2. The molecule has 6 N–H and O–H groups in total. The van der Waals surface area contributed by atoms with Crippen LogP contribution in [0.15, 0.2) is 36.4 Å². The van der Waals surface area contributed by atoms with Crippen LogP contribution in [0.2, 0.25) is 0 Å². The largest absolute Gasteiger partial charge is 1.00 e. The third kappa shape index (κ3) is 6.93. The molecule has 23 heavy (non-hydrogen) atoms. The topological polar surface area (TPSA) is 86.0 Å². The average molecular weight is 463 g/mol. The van der Waals surface area contributed by atoms with Crippen molar-refractivity contribution in [1.29, 1.82) is 0 Å². The number of aromatic nitrogens is 1. The smallest absolute Gasteiger partial charge is 0.300 e. The first-order valence-electron chi connectivity index (χ1n) is 6.84. The highest BCUT2D eigenvalue weighted by Gasteiger charge is 2.17. The SMILES string of the molecule is Cc1cc(CSC(N)=[NH2+])c(O)c(CCc2ccccc2)[nH+]1.[Br-].[Br-]. The number of amidine groups is 1. The molecule has 0 amide bonds. The van der Waals surface area contributed by atoms with Gasteiger partial charge in [0.05, 0.1) is 0 Å². The Morgan fingerprint density at radius 1 is 1.22 bits per heavy atom. The number of rotatable bonds is 5. The van der Waals surface area contributed by atoms with Crippen LogP contribution < -0.4 is 50.1 Å². The van der Waals surface area contributed by atoms with Crippen LogP contribution in [0.3, 0.4) is 0 Å². The predicted octanol–water partition coefficient (Wildman–Crippen LogP) is -5.39. The van der Waals surface area contributed by atoms with Crippen LogP contribution in [0.4, 0.5) is 0 Å². The molecular weight excluding hydrogens is 442 g/mol. The molecule has 0 aliphatic carbocycles. The fraction of sp³-hybridized carbons (Fsp3) is 0.250. The van der Waals surface area contributed by atoms with Crippen LogP contribution in [0.25, 0.3) is 0 Å². The van der Waals surface area contributed by atoms with Gasteiger partial charge in [-0.15, -0.1) is 0 Å². The molecule has 0 saturated heterocycles. The highest BCUT2D eigenvalue weighted by atomic mass is 79.9. The quantitative estimate of drug-likeness (QED) is 0.306. The van der Waals surface area contributed by atoms with Crippen molar-refractivity contribution in [2.45, 2.75) is 25.5 Å². The lowest BCUT2D eigenvalue weighted by Gasteiger charge is -2.05. The third-order valence-electron chi connectivity index (χ3n) is 3.23. The Bertz CT molecular complexity index is 639. The van der Waals surface area contributed by atoms with Crippen LogP contribution in [-0.2, 0) is 18.6 Å². The molecule has 126 valence electrons. The lowest BCUT2D eigenvalue weighted by Crippen LogP contribution is -3.00. The highest BCUT2D eigenvalue weighted by Crippen LogP contribution is 2.24. The maximum atomic E-state index is 10.4. The van der Waals surface area contributed by atoms with Gasteiger partial charge in [0, 0.05) is 30.7 Å². The predicted molar refractivity (Wildman–Crippen MR) is 85.7 cm³/mol. The van der Waals surface area contributed by atoms with Crippen molar-refractivity contribution in [2.24, 2.45) is 5.73 Å². The molecule has 0 unspecified atom stereocenters. The summed E-state index contributed by atoms with van der Waals surface area (Å²) >= 11 is 1.33. The number of nitrogens with one attached hydrogen (secondary N) is 1. The van der Waals surface area contributed by atoms with E-state index in [4.69, 9.17) is 11.1 Å². The molecule has 0 aliphatic heterocycles. The first-order valence-corrected chi connectivity index (χ1v) is 7.83. The monoisotopic (exact) mass is 461 g/mol. The van der Waals surface area contributed by atoms with Crippen molar-refractivity contribution >= 4 is 16.9 Å². The van der Waals surface area contributed by atoms with E-state index in [0.29, 0.717) is 16.7 Å². The molecular formula is C16H21Br2N3OS. The second-order valence-electron chi connectivity index (χ2n) is 4.98. The Kier molecular flexibility index (Phi) is 10.2. The van der Waals surface area contributed by atoms with Gasteiger partial charge in [-0.05, 0) is 23.7 Å². The maximum Gasteiger partial charge on any atom is 0.300 e. The molecule has 0 atom stereocenters. The zero-order valence-corrected chi connectivity index (χ0v) is 16.8. The van der Waals surface area contributed by atoms with E-state index in [2.05, 4.69) is 17.1 Å². The fourth-order valence-electron chi connectivity index (χ4n) is 2.22. The van der Waals surface area contributed by atoms with Gasteiger partial charge in [-0.25, -0.2) is 4.98 Å². The van der Waals surface area contributed by atoms with Gasteiger partial charge in [0.1, 0.15) is 0 Å². The minimum Gasteiger partial charge on any atom is -1.00 e. The number of aromatic amines is 1. The lowest BCUT2D eigenvalue weighted by atomic mass is 10.1. The molecule has 7 heteroatoms. The average Bonchev–Trinajstić information content (AvgIpc) is 2.47. The molecule has 0 aliphatic rings. The minimum atomic E-state index is 0.